The Morgan fingerprint density at radius 2 is 1.45 bits per heavy atom. The van der Waals surface area contributed by atoms with Gasteiger partial charge in [-0.05, 0) is 60.7 Å². The molecule has 0 aromatic heterocycles. The van der Waals surface area contributed by atoms with Crippen molar-refractivity contribution in [1.29, 1.82) is 0 Å². The number of carbonyl (C=O) groups excluding carboxylic acids is 1. The highest BCUT2D eigenvalue weighted by Crippen LogP contribution is 2.18. The summed E-state index contributed by atoms with van der Waals surface area (Å²) >= 11 is 1.75. The fourth-order valence-corrected chi connectivity index (χ4v) is 4.52. The Morgan fingerprint density at radius 3 is 2.10 bits per heavy atom. The topological polar surface area (TPSA) is 75.3 Å². The third-order valence-electron chi connectivity index (χ3n) is 4.07. The van der Waals surface area contributed by atoms with Gasteiger partial charge in [-0.2, -0.15) is 0 Å². The Labute approximate surface area is 175 Å². The smallest absolute Gasteiger partial charge is 0.261 e. The maximum absolute atomic E-state index is 12.4. The van der Waals surface area contributed by atoms with E-state index in [9.17, 15) is 13.2 Å². The molecule has 0 saturated carbocycles. The first kappa shape index (κ1) is 21.0. The molecule has 0 spiro atoms. The van der Waals surface area contributed by atoms with E-state index >= 15 is 0 Å². The Kier molecular flexibility index (Phi) is 7.32. The summed E-state index contributed by atoms with van der Waals surface area (Å²) in [6.45, 7) is 0.564. The van der Waals surface area contributed by atoms with E-state index in [-0.39, 0.29) is 10.8 Å². The van der Waals surface area contributed by atoms with Crippen molar-refractivity contribution in [3.63, 3.8) is 0 Å². The number of hydrogen-bond acceptors (Lipinski definition) is 4. The highest BCUT2D eigenvalue weighted by molar-refractivity contribution is 7.99. The number of carbonyl (C=O) groups is 1. The van der Waals surface area contributed by atoms with Crippen LogP contribution >= 0.6 is 11.8 Å². The molecule has 0 aliphatic rings. The van der Waals surface area contributed by atoms with Gasteiger partial charge < -0.3 is 5.32 Å². The molecule has 0 fully saturated rings. The van der Waals surface area contributed by atoms with Gasteiger partial charge in [0.25, 0.3) is 15.9 Å². The van der Waals surface area contributed by atoms with Crippen molar-refractivity contribution in [1.82, 2.24) is 5.32 Å². The summed E-state index contributed by atoms with van der Waals surface area (Å²) in [6, 6.07) is 24.7. The number of para-hydroxylation sites is 1. The molecule has 2 N–H and O–H groups in total. The molecular formula is C22H22N2O3S2. The van der Waals surface area contributed by atoms with E-state index in [0.717, 1.165) is 12.2 Å². The van der Waals surface area contributed by atoms with Crippen LogP contribution in [0.25, 0.3) is 0 Å². The Hall–Kier alpha value is -2.77. The summed E-state index contributed by atoms with van der Waals surface area (Å²) in [4.78, 5) is 13.6. The number of nitrogens with one attached hydrogen (secondary N) is 2. The summed E-state index contributed by atoms with van der Waals surface area (Å²) in [5.74, 6) is 0.696. The maximum Gasteiger partial charge on any atom is 0.261 e. The van der Waals surface area contributed by atoms with Gasteiger partial charge in [0.15, 0.2) is 0 Å². The predicted octanol–water partition coefficient (Wildman–Crippen LogP) is 4.40. The largest absolute Gasteiger partial charge is 0.352 e. The third kappa shape index (κ3) is 6.37. The SMILES string of the molecule is O=C(NCCCSc1ccccc1)c1ccc(S(=O)(=O)Nc2ccccc2)cc1. The van der Waals surface area contributed by atoms with Crippen molar-refractivity contribution in [2.45, 2.75) is 16.2 Å². The van der Waals surface area contributed by atoms with Gasteiger partial charge in [-0.25, -0.2) is 8.42 Å². The second kappa shape index (κ2) is 10.1. The minimum absolute atomic E-state index is 0.108. The molecule has 0 aliphatic heterocycles. The lowest BCUT2D eigenvalue weighted by Gasteiger charge is -2.09. The van der Waals surface area contributed by atoms with E-state index in [4.69, 9.17) is 0 Å². The number of amides is 1. The molecule has 0 unspecified atom stereocenters. The van der Waals surface area contributed by atoms with Crippen LogP contribution in [0.15, 0.2) is 94.7 Å². The van der Waals surface area contributed by atoms with Gasteiger partial charge in [-0.3, -0.25) is 9.52 Å². The molecule has 3 aromatic carbocycles. The highest BCUT2D eigenvalue weighted by atomic mass is 32.2. The summed E-state index contributed by atoms with van der Waals surface area (Å²) in [5, 5.41) is 2.87. The molecule has 0 radical (unpaired) electrons. The van der Waals surface area contributed by atoms with Crippen LogP contribution in [0.3, 0.4) is 0 Å². The number of benzene rings is 3. The van der Waals surface area contributed by atoms with Gasteiger partial charge in [0.2, 0.25) is 0 Å². The maximum atomic E-state index is 12.4. The van der Waals surface area contributed by atoms with Crippen molar-refractivity contribution in [2.24, 2.45) is 0 Å². The van der Waals surface area contributed by atoms with Crippen LogP contribution in [0.5, 0.6) is 0 Å². The van der Waals surface area contributed by atoms with E-state index in [1.165, 1.54) is 29.2 Å². The second-order valence-corrected chi connectivity index (χ2v) is 9.12. The molecule has 3 rings (SSSR count). The van der Waals surface area contributed by atoms with Crippen LogP contribution in [0.2, 0.25) is 0 Å². The number of rotatable bonds is 9. The standard InChI is InChI=1S/C22H22N2O3S2/c25-22(23-16-7-17-28-20-10-5-2-6-11-20)18-12-14-21(15-13-18)29(26,27)24-19-8-3-1-4-9-19/h1-6,8-15,24H,7,16-17H2,(H,23,25). The van der Waals surface area contributed by atoms with E-state index in [1.807, 2.05) is 24.3 Å². The Bertz CT molecular complexity index is 1020. The van der Waals surface area contributed by atoms with E-state index in [0.29, 0.717) is 17.8 Å². The average Bonchev–Trinajstić information content (AvgIpc) is 2.74. The predicted molar refractivity (Wildman–Crippen MR) is 118 cm³/mol. The molecule has 29 heavy (non-hydrogen) atoms. The number of anilines is 1. The van der Waals surface area contributed by atoms with Gasteiger partial charge in [0, 0.05) is 22.7 Å². The molecule has 0 saturated heterocycles. The minimum Gasteiger partial charge on any atom is -0.352 e. The number of thioether (sulfide) groups is 1. The quantitative estimate of drug-likeness (QED) is 0.393. The molecule has 0 heterocycles. The van der Waals surface area contributed by atoms with Crippen LogP contribution in [-0.4, -0.2) is 26.6 Å². The Morgan fingerprint density at radius 1 is 0.828 bits per heavy atom. The Balaban J connectivity index is 1.48. The molecule has 5 nitrogen and oxygen atoms in total. The van der Waals surface area contributed by atoms with Crippen molar-refractivity contribution in [2.75, 3.05) is 17.0 Å². The first-order valence-corrected chi connectivity index (χ1v) is 11.7. The zero-order valence-corrected chi connectivity index (χ0v) is 17.4. The highest BCUT2D eigenvalue weighted by Gasteiger charge is 2.15. The van der Waals surface area contributed by atoms with Crippen molar-refractivity contribution in [3.8, 4) is 0 Å². The first-order valence-electron chi connectivity index (χ1n) is 9.18. The van der Waals surface area contributed by atoms with Crippen LogP contribution in [0.4, 0.5) is 5.69 Å². The lowest BCUT2D eigenvalue weighted by Crippen LogP contribution is -2.24. The van der Waals surface area contributed by atoms with E-state index in [2.05, 4.69) is 22.2 Å². The monoisotopic (exact) mass is 426 g/mol. The van der Waals surface area contributed by atoms with Crippen LogP contribution in [0, 0.1) is 0 Å². The summed E-state index contributed by atoms with van der Waals surface area (Å²) in [6.07, 6.45) is 0.846. The lowest BCUT2D eigenvalue weighted by atomic mass is 10.2. The summed E-state index contributed by atoms with van der Waals surface area (Å²) in [7, 11) is -3.69. The van der Waals surface area contributed by atoms with E-state index < -0.39 is 10.0 Å². The van der Waals surface area contributed by atoms with Gasteiger partial charge in [-0.1, -0.05) is 36.4 Å². The number of sulfonamides is 1. The molecule has 1 amide bonds. The molecule has 150 valence electrons. The summed E-state index contributed by atoms with van der Waals surface area (Å²) in [5.41, 5.74) is 0.919. The van der Waals surface area contributed by atoms with Gasteiger partial charge >= 0.3 is 0 Å². The zero-order chi connectivity index (χ0) is 20.5. The fraction of sp³-hybridized carbons (Fsp3) is 0.136. The molecular weight excluding hydrogens is 404 g/mol. The first-order chi connectivity index (χ1) is 14.0. The molecule has 0 aliphatic carbocycles. The lowest BCUT2D eigenvalue weighted by molar-refractivity contribution is 0.0953. The van der Waals surface area contributed by atoms with Gasteiger partial charge in [-0.15, -0.1) is 11.8 Å². The van der Waals surface area contributed by atoms with Crippen LogP contribution in [0.1, 0.15) is 16.8 Å². The molecule has 0 bridgehead atoms. The van der Waals surface area contributed by atoms with Crippen LogP contribution in [-0.2, 0) is 10.0 Å². The normalized spacial score (nSPS) is 11.0. The third-order valence-corrected chi connectivity index (χ3v) is 6.57. The van der Waals surface area contributed by atoms with Crippen molar-refractivity contribution >= 4 is 33.4 Å². The molecule has 0 atom stereocenters. The second-order valence-electron chi connectivity index (χ2n) is 6.27. The van der Waals surface area contributed by atoms with Gasteiger partial charge in [0.1, 0.15) is 0 Å². The van der Waals surface area contributed by atoms with E-state index in [1.54, 1.807) is 36.0 Å². The minimum atomic E-state index is -3.69. The average molecular weight is 427 g/mol. The van der Waals surface area contributed by atoms with Crippen molar-refractivity contribution < 1.29 is 13.2 Å². The fourth-order valence-electron chi connectivity index (χ4n) is 2.59. The van der Waals surface area contributed by atoms with Crippen LogP contribution < -0.4 is 10.0 Å². The molecule has 3 aromatic rings. The molecule has 7 heteroatoms. The number of hydrogen-bond donors (Lipinski definition) is 2. The summed E-state index contributed by atoms with van der Waals surface area (Å²) < 4.78 is 27.4. The zero-order valence-electron chi connectivity index (χ0n) is 15.7. The van der Waals surface area contributed by atoms with Gasteiger partial charge in [0.05, 0.1) is 4.90 Å². The van der Waals surface area contributed by atoms with Crippen molar-refractivity contribution in [3.05, 3.63) is 90.5 Å².